The van der Waals surface area contributed by atoms with Crippen LogP contribution in [0.1, 0.15) is 29.7 Å². The molecule has 16 heavy (non-hydrogen) atoms. The molecule has 0 aromatic carbocycles. The summed E-state index contributed by atoms with van der Waals surface area (Å²) in [5, 5.41) is 2.19. The fraction of sp³-hybridized carbons (Fsp3) is 0.692. The third kappa shape index (κ3) is 2.65. The monoisotopic (exact) mass is 238 g/mol. The normalized spacial score (nSPS) is 25.5. The Labute approximate surface area is 102 Å². The second kappa shape index (κ2) is 5.30. The average Bonchev–Trinajstić information content (AvgIpc) is 2.84. The SMILES string of the molecule is Cc1ccsc1CCN(C)C1CCCC1N. The highest BCUT2D eigenvalue weighted by atomic mass is 32.1. The van der Waals surface area contributed by atoms with Gasteiger partial charge in [-0.25, -0.2) is 0 Å². The van der Waals surface area contributed by atoms with Gasteiger partial charge < -0.3 is 10.6 Å². The summed E-state index contributed by atoms with van der Waals surface area (Å²) in [6, 6.07) is 3.22. The van der Waals surface area contributed by atoms with Gasteiger partial charge in [0.15, 0.2) is 0 Å². The highest BCUT2D eigenvalue weighted by molar-refractivity contribution is 7.10. The molecule has 90 valence electrons. The smallest absolute Gasteiger partial charge is 0.0244 e. The summed E-state index contributed by atoms with van der Waals surface area (Å²) in [5.41, 5.74) is 7.56. The van der Waals surface area contributed by atoms with Crippen molar-refractivity contribution in [3.63, 3.8) is 0 Å². The Morgan fingerprint density at radius 2 is 2.31 bits per heavy atom. The standard InChI is InChI=1S/C13H22N2S/c1-10-7-9-16-13(10)6-8-15(2)12-5-3-4-11(12)14/h7,9,11-12H,3-6,8,14H2,1-2H3. The molecule has 2 unspecified atom stereocenters. The number of likely N-dealkylation sites (N-methyl/N-ethyl adjacent to an activating group) is 1. The van der Waals surface area contributed by atoms with Crippen LogP contribution in [0.25, 0.3) is 0 Å². The summed E-state index contributed by atoms with van der Waals surface area (Å²) in [4.78, 5) is 3.98. The van der Waals surface area contributed by atoms with Gasteiger partial charge in [-0.1, -0.05) is 6.42 Å². The summed E-state index contributed by atoms with van der Waals surface area (Å²) in [5.74, 6) is 0. The minimum absolute atomic E-state index is 0.398. The van der Waals surface area contributed by atoms with Gasteiger partial charge in [-0.3, -0.25) is 0 Å². The predicted octanol–water partition coefficient (Wildman–Crippen LogP) is 2.41. The van der Waals surface area contributed by atoms with Crippen molar-refractivity contribution >= 4 is 11.3 Å². The van der Waals surface area contributed by atoms with Crippen LogP contribution in [-0.2, 0) is 6.42 Å². The van der Waals surface area contributed by atoms with Gasteiger partial charge in [0.1, 0.15) is 0 Å². The number of rotatable bonds is 4. The molecular weight excluding hydrogens is 216 g/mol. The van der Waals surface area contributed by atoms with Crippen molar-refractivity contribution in [1.82, 2.24) is 4.90 Å². The van der Waals surface area contributed by atoms with Gasteiger partial charge in [0.2, 0.25) is 0 Å². The third-order valence-corrected chi connectivity index (χ3v) is 4.84. The number of nitrogens with zero attached hydrogens (tertiary/aromatic N) is 1. The number of aryl methyl sites for hydroxylation is 1. The van der Waals surface area contributed by atoms with Crippen molar-refractivity contribution < 1.29 is 0 Å². The molecular formula is C13H22N2S. The molecule has 0 spiro atoms. The van der Waals surface area contributed by atoms with Crippen LogP contribution < -0.4 is 5.73 Å². The van der Waals surface area contributed by atoms with E-state index in [2.05, 4.69) is 30.3 Å². The van der Waals surface area contributed by atoms with Crippen molar-refractivity contribution in [2.45, 2.75) is 44.7 Å². The molecule has 1 aliphatic carbocycles. The van der Waals surface area contributed by atoms with Gasteiger partial charge in [0, 0.05) is 23.5 Å². The van der Waals surface area contributed by atoms with Crippen molar-refractivity contribution in [2.24, 2.45) is 5.73 Å². The maximum Gasteiger partial charge on any atom is 0.0244 e. The van der Waals surface area contributed by atoms with Crippen molar-refractivity contribution in [1.29, 1.82) is 0 Å². The van der Waals surface area contributed by atoms with E-state index in [-0.39, 0.29) is 0 Å². The van der Waals surface area contributed by atoms with Gasteiger partial charge in [0.05, 0.1) is 0 Å². The molecule has 3 heteroatoms. The van der Waals surface area contributed by atoms with Gasteiger partial charge in [-0.2, -0.15) is 0 Å². The maximum atomic E-state index is 6.12. The van der Waals surface area contributed by atoms with Crippen LogP contribution in [0.3, 0.4) is 0 Å². The van der Waals surface area contributed by atoms with Crippen LogP contribution in [0.2, 0.25) is 0 Å². The van der Waals surface area contributed by atoms with Crippen molar-refractivity contribution in [2.75, 3.05) is 13.6 Å². The van der Waals surface area contributed by atoms with E-state index < -0.39 is 0 Å². The zero-order chi connectivity index (χ0) is 11.5. The van der Waals surface area contributed by atoms with Crippen molar-refractivity contribution in [3.8, 4) is 0 Å². The molecule has 1 aliphatic rings. The molecule has 0 amide bonds. The fourth-order valence-corrected chi connectivity index (χ4v) is 3.52. The predicted molar refractivity (Wildman–Crippen MR) is 71.0 cm³/mol. The first-order chi connectivity index (χ1) is 7.68. The largest absolute Gasteiger partial charge is 0.326 e. The second-order valence-electron chi connectivity index (χ2n) is 4.92. The molecule has 0 radical (unpaired) electrons. The first kappa shape index (κ1) is 12.1. The van der Waals surface area contributed by atoms with E-state index in [4.69, 9.17) is 5.73 Å². The van der Waals surface area contributed by atoms with E-state index in [1.807, 2.05) is 11.3 Å². The number of hydrogen-bond acceptors (Lipinski definition) is 3. The maximum absolute atomic E-state index is 6.12. The summed E-state index contributed by atoms with van der Waals surface area (Å²) < 4.78 is 0. The van der Waals surface area contributed by atoms with Gasteiger partial charge in [-0.05, 0) is 50.2 Å². The van der Waals surface area contributed by atoms with Gasteiger partial charge >= 0.3 is 0 Å². The highest BCUT2D eigenvalue weighted by Gasteiger charge is 2.26. The molecule has 1 aromatic rings. The summed E-state index contributed by atoms with van der Waals surface area (Å²) in [6.45, 7) is 3.34. The Bertz CT molecular complexity index is 334. The quantitative estimate of drug-likeness (QED) is 0.873. The van der Waals surface area contributed by atoms with E-state index in [9.17, 15) is 0 Å². The van der Waals surface area contributed by atoms with Crippen LogP contribution in [-0.4, -0.2) is 30.6 Å². The fourth-order valence-electron chi connectivity index (χ4n) is 2.62. The lowest BCUT2D eigenvalue weighted by Gasteiger charge is -2.27. The topological polar surface area (TPSA) is 29.3 Å². The summed E-state index contributed by atoms with van der Waals surface area (Å²) >= 11 is 1.88. The summed E-state index contributed by atoms with van der Waals surface area (Å²) in [7, 11) is 2.22. The van der Waals surface area contributed by atoms with E-state index in [1.54, 1.807) is 0 Å². The molecule has 1 saturated carbocycles. The van der Waals surface area contributed by atoms with E-state index in [0.717, 1.165) is 6.54 Å². The van der Waals surface area contributed by atoms with Gasteiger partial charge in [-0.15, -0.1) is 11.3 Å². The molecule has 0 aliphatic heterocycles. The molecule has 1 fully saturated rings. The molecule has 1 aromatic heterocycles. The third-order valence-electron chi connectivity index (χ3n) is 3.76. The number of hydrogen-bond donors (Lipinski definition) is 1. The Balaban J connectivity index is 1.84. The lowest BCUT2D eigenvalue weighted by Crippen LogP contribution is -2.42. The zero-order valence-corrected chi connectivity index (χ0v) is 11.1. The minimum Gasteiger partial charge on any atom is -0.326 e. The Hall–Kier alpha value is -0.380. The average molecular weight is 238 g/mol. The lowest BCUT2D eigenvalue weighted by molar-refractivity contribution is 0.231. The van der Waals surface area contributed by atoms with Crippen LogP contribution in [0, 0.1) is 6.92 Å². The Morgan fingerprint density at radius 1 is 1.50 bits per heavy atom. The second-order valence-corrected chi connectivity index (χ2v) is 5.92. The van der Waals surface area contributed by atoms with E-state index >= 15 is 0 Å². The van der Waals surface area contributed by atoms with E-state index in [1.165, 1.54) is 36.1 Å². The minimum atomic E-state index is 0.398. The van der Waals surface area contributed by atoms with Crippen LogP contribution in [0.4, 0.5) is 0 Å². The Morgan fingerprint density at radius 3 is 2.88 bits per heavy atom. The van der Waals surface area contributed by atoms with Gasteiger partial charge in [0.25, 0.3) is 0 Å². The van der Waals surface area contributed by atoms with Crippen LogP contribution in [0.5, 0.6) is 0 Å². The number of nitrogens with two attached hydrogens (primary N) is 1. The molecule has 2 atom stereocenters. The highest BCUT2D eigenvalue weighted by Crippen LogP contribution is 2.23. The van der Waals surface area contributed by atoms with Crippen LogP contribution in [0.15, 0.2) is 11.4 Å². The molecule has 2 N–H and O–H groups in total. The molecule has 2 nitrogen and oxygen atoms in total. The molecule has 0 saturated heterocycles. The summed E-state index contributed by atoms with van der Waals surface area (Å²) in [6.07, 6.45) is 4.95. The molecule has 0 bridgehead atoms. The molecule has 2 rings (SSSR count). The zero-order valence-electron chi connectivity index (χ0n) is 10.3. The number of thiophene rings is 1. The first-order valence-corrected chi connectivity index (χ1v) is 7.05. The lowest BCUT2D eigenvalue weighted by atomic mass is 10.1. The Kier molecular flexibility index (Phi) is 4.00. The molecule has 1 heterocycles. The van der Waals surface area contributed by atoms with E-state index in [0.29, 0.717) is 12.1 Å². The van der Waals surface area contributed by atoms with Crippen LogP contribution >= 0.6 is 11.3 Å². The first-order valence-electron chi connectivity index (χ1n) is 6.17. The van der Waals surface area contributed by atoms with Crippen molar-refractivity contribution in [3.05, 3.63) is 21.9 Å².